The molecular formula is C17H20FN3O3. The minimum absolute atomic E-state index is 0.0000836. The molecule has 3 rings (SSSR count). The van der Waals surface area contributed by atoms with Crippen molar-refractivity contribution in [3.63, 3.8) is 0 Å². The Hall–Kier alpha value is -2.41. The third-order valence-electron chi connectivity index (χ3n) is 4.16. The highest BCUT2D eigenvalue weighted by Gasteiger charge is 2.26. The van der Waals surface area contributed by atoms with Gasteiger partial charge >= 0.3 is 0 Å². The normalized spacial score (nSPS) is 17.2. The molecule has 1 N–H and O–H groups in total. The number of nitrogens with zero attached hydrogens (tertiary/aromatic N) is 3. The number of benzene rings is 1. The van der Waals surface area contributed by atoms with Crippen LogP contribution in [-0.4, -0.2) is 52.0 Å². The molecule has 1 aromatic carbocycles. The lowest BCUT2D eigenvalue weighted by atomic mass is 10.1. The van der Waals surface area contributed by atoms with Gasteiger partial charge in [0.05, 0.1) is 18.5 Å². The van der Waals surface area contributed by atoms with E-state index in [1.165, 1.54) is 35.1 Å². The summed E-state index contributed by atoms with van der Waals surface area (Å²) in [5.74, 6) is -0.550. The molecule has 0 unspecified atom stereocenters. The number of ether oxygens (including phenoxy) is 1. The van der Waals surface area contributed by atoms with Crippen LogP contribution in [-0.2, 0) is 4.74 Å². The quantitative estimate of drug-likeness (QED) is 0.911. The van der Waals surface area contributed by atoms with Crippen molar-refractivity contribution < 1.29 is 19.0 Å². The molecule has 24 heavy (non-hydrogen) atoms. The zero-order chi connectivity index (χ0) is 17.1. The van der Waals surface area contributed by atoms with Gasteiger partial charge in [0.1, 0.15) is 5.82 Å². The van der Waals surface area contributed by atoms with Crippen LogP contribution in [0.15, 0.2) is 30.5 Å². The van der Waals surface area contributed by atoms with E-state index in [9.17, 15) is 14.3 Å². The van der Waals surface area contributed by atoms with Crippen molar-refractivity contribution in [2.45, 2.75) is 13.3 Å². The van der Waals surface area contributed by atoms with Crippen LogP contribution in [0.3, 0.4) is 0 Å². The molecule has 2 heterocycles. The number of hydrogen-bond acceptors (Lipinski definition) is 4. The number of halogens is 1. The summed E-state index contributed by atoms with van der Waals surface area (Å²) in [4.78, 5) is 14.3. The van der Waals surface area contributed by atoms with E-state index in [1.54, 1.807) is 4.90 Å². The van der Waals surface area contributed by atoms with E-state index >= 15 is 0 Å². The van der Waals surface area contributed by atoms with Crippen molar-refractivity contribution >= 4 is 5.91 Å². The highest BCUT2D eigenvalue weighted by atomic mass is 19.1. The fourth-order valence-corrected chi connectivity index (χ4v) is 2.79. The molecule has 1 aromatic heterocycles. The van der Waals surface area contributed by atoms with Gasteiger partial charge in [-0.3, -0.25) is 4.79 Å². The van der Waals surface area contributed by atoms with E-state index in [4.69, 9.17) is 4.74 Å². The molecule has 1 fully saturated rings. The van der Waals surface area contributed by atoms with E-state index in [1.807, 2.05) is 6.92 Å². The van der Waals surface area contributed by atoms with Gasteiger partial charge in [-0.2, -0.15) is 5.10 Å². The van der Waals surface area contributed by atoms with Gasteiger partial charge in [0.25, 0.3) is 5.91 Å². The molecule has 0 bridgehead atoms. The van der Waals surface area contributed by atoms with Crippen LogP contribution in [0, 0.1) is 11.7 Å². The Morgan fingerprint density at radius 1 is 1.46 bits per heavy atom. The summed E-state index contributed by atoms with van der Waals surface area (Å²) < 4.78 is 19.7. The van der Waals surface area contributed by atoms with Crippen LogP contribution >= 0.6 is 0 Å². The summed E-state index contributed by atoms with van der Waals surface area (Å²) in [6, 6.07) is 5.66. The second-order valence-electron chi connectivity index (χ2n) is 5.86. The fraction of sp³-hybridized carbons (Fsp3) is 0.412. The summed E-state index contributed by atoms with van der Waals surface area (Å²) in [5.41, 5.74) is 0.568. The Balaban J connectivity index is 1.79. The maximum atomic E-state index is 13.0. The van der Waals surface area contributed by atoms with Crippen molar-refractivity contribution in [2.24, 2.45) is 5.92 Å². The van der Waals surface area contributed by atoms with Crippen LogP contribution in [0.4, 0.5) is 4.39 Å². The van der Waals surface area contributed by atoms with E-state index in [2.05, 4.69) is 5.10 Å². The Kier molecular flexibility index (Phi) is 4.80. The molecule has 2 aromatic rings. The molecule has 0 saturated carbocycles. The summed E-state index contributed by atoms with van der Waals surface area (Å²) in [6.07, 6.45) is 2.28. The third kappa shape index (κ3) is 3.41. The largest absolute Gasteiger partial charge is 0.504 e. The van der Waals surface area contributed by atoms with Crippen LogP contribution in [0.1, 0.15) is 23.8 Å². The number of rotatable bonds is 5. The first-order valence-corrected chi connectivity index (χ1v) is 8.00. The predicted octanol–water partition coefficient (Wildman–Crippen LogP) is 2.22. The van der Waals surface area contributed by atoms with Gasteiger partial charge in [0.2, 0.25) is 0 Å². The van der Waals surface area contributed by atoms with Gasteiger partial charge in [-0.25, -0.2) is 9.07 Å². The first kappa shape index (κ1) is 16.4. The number of hydrogen-bond donors (Lipinski definition) is 1. The first-order chi connectivity index (χ1) is 11.6. The van der Waals surface area contributed by atoms with E-state index in [0.717, 1.165) is 13.0 Å². The molecule has 6 nitrogen and oxygen atoms in total. The van der Waals surface area contributed by atoms with Crippen molar-refractivity contribution in [1.82, 2.24) is 14.7 Å². The first-order valence-electron chi connectivity index (χ1n) is 8.00. The highest BCUT2D eigenvalue weighted by molar-refractivity contribution is 5.94. The van der Waals surface area contributed by atoms with Crippen LogP contribution < -0.4 is 0 Å². The van der Waals surface area contributed by atoms with Crippen LogP contribution in [0.2, 0.25) is 0 Å². The van der Waals surface area contributed by atoms with Gasteiger partial charge in [0, 0.05) is 25.6 Å². The average Bonchev–Trinajstić information content (AvgIpc) is 3.22. The topological polar surface area (TPSA) is 67.6 Å². The van der Waals surface area contributed by atoms with Gasteiger partial charge in [-0.15, -0.1) is 0 Å². The number of carbonyl (C=O) groups is 1. The van der Waals surface area contributed by atoms with Gasteiger partial charge < -0.3 is 14.7 Å². The Morgan fingerprint density at radius 2 is 2.21 bits per heavy atom. The second-order valence-corrected chi connectivity index (χ2v) is 5.86. The van der Waals surface area contributed by atoms with E-state index in [-0.39, 0.29) is 23.2 Å². The third-order valence-corrected chi connectivity index (χ3v) is 4.16. The molecule has 0 spiro atoms. The molecule has 7 heteroatoms. The molecular weight excluding hydrogens is 313 g/mol. The lowest BCUT2D eigenvalue weighted by Gasteiger charge is -2.22. The number of amides is 1. The molecule has 1 aliphatic rings. The molecule has 1 aliphatic heterocycles. The average molecular weight is 333 g/mol. The zero-order valence-corrected chi connectivity index (χ0v) is 13.5. The van der Waals surface area contributed by atoms with Crippen molar-refractivity contribution in [3.05, 3.63) is 42.0 Å². The van der Waals surface area contributed by atoms with E-state index in [0.29, 0.717) is 31.3 Å². The molecule has 1 saturated heterocycles. The smallest absolute Gasteiger partial charge is 0.278 e. The molecule has 128 valence electrons. The lowest BCUT2D eigenvalue weighted by Crippen LogP contribution is -2.35. The fourth-order valence-electron chi connectivity index (χ4n) is 2.79. The zero-order valence-electron chi connectivity index (χ0n) is 13.5. The van der Waals surface area contributed by atoms with Gasteiger partial charge in [-0.05, 0) is 37.6 Å². The second kappa shape index (κ2) is 7.00. The Morgan fingerprint density at radius 3 is 2.83 bits per heavy atom. The Labute approximate surface area is 139 Å². The minimum atomic E-state index is -0.359. The predicted molar refractivity (Wildman–Crippen MR) is 85.7 cm³/mol. The maximum Gasteiger partial charge on any atom is 0.278 e. The number of aromatic hydroxyl groups is 1. The molecule has 0 radical (unpaired) electrons. The van der Waals surface area contributed by atoms with Crippen molar-refractivity contribution in [1.29, 1.82) is 0 Å². The highest BCUT2D eigenvalue weighted by Crippen LogP contribution is 2.22. The van der Waals surface area contributed by atoms with Crippen molar-refractivity contribution in [3.8, 4) is 11.4 Å². The Bertz CT molecular complexity index is 708. The monoisotopic (exact) mass is 333 g/mol. The van der Waals surface area contributed by atoms with E-state index < -0.39 is 0 Å². The SMILES string of the molecule is CCN(C[C@H]1CCOC1)C(=O)c1nn(-c2ccc(F)cc2)cc1O. The molecule has 1 amide bonds. The summed E-state index contributed by atoms with van der Waals surface area (Å²) in [5, 5.41) is 14.3. The van der Waals surface area contributed by atoms with Gasteiger partial charge in [0.15, 0.2) is 11.4 Å². The maximum absolute atomic E-state index is 13.0. The standard InChI is InChI=1S/C17H20FN3O3/c1-2-20(9-12-7-8-24-11-12)17(23)16-15(22)10-21(19-16)14-5-3-13(18)4-6-14/h3-6,10,12,22H,2,7-9,11H2,1H3/t12-/m1/s1. The van der Waals surface area contributed by atoms with Crippen LogP contribution in [0.25, 0.3) is 5.69 Å². The minimum Gasteiger partial charge on any atom is -0.504 e. The number of aromatic nitrogens is 2. The van der Waals surface area contributed by atoms with Gasteiger partial charge in [-0.1, -0.05) is 0 Å². The molecule has 0 aliphatic carbocycles. The summed E-state index contributed by atoms with van der Waals surface area (Å²) in [6.45, 7) is 4.37. The summed E-state index contributed by atoms with van der Waals surface area (Å²) >= 11 is 0. The van der Waals surface area contributed by atoms with Crippen molar-refractivity contribution in [2.75, 3.05) is 26.3 Å². The number of carbonyl (C=O) groups excluding carboxylic acids is 1. The molecule has 1 atom stereocenters. The lowest BCUT2D eigenvalue weighted by molar-refractivity contribution is 0.0721. The summed E-state index contributed by atoms with van der Waals surface area (Å²) in [7, 11) is 0. The van der Waals surface area contributed by atoms with Crippen LogP contribution in [0.5, 0.6) is 5.75 Å².